The summed E-state index contributed by atoms with van der Waals surface area (Å²) in [5, 5.41) is 0. The van der Waals surface area contributed by atoms with Crippen LogP contribution in [-0.2, 0) is 27.0 Å². The topological polar surface area (TPSA) is 57.7 Å². The number of nitrogens with zero attached hydrogens (tertiary/aromatic N) is 2. The number of alkyl halides is 1. The summed E-state index contributed by atoms with van der Waals surface area (Å²) < 4.78 is 43.5. The van der Waals surface area contributed by atoms with Crippen molar-refractivity contribution >= 4 is 20.8 Å². The molecule has 0 spiro atoms. The van der Waals surface area contributed by atoms with E-state index in [1.807, 2.05) is 18.2 Å². The molecule has 1 fully saturated rings. The maximum Gasteiger partial charge on any atom is 0.264 e. The summed E-state index contributed by atoms with van der Waals surface area (Å²) in [5.74, 6) is -0.0301. The molecule has 32 heavy (non-hydrogen) atoms. The second-order valence-electron chi connectivity index (χ2n) is 8.38. The molecule has 0 radical (unpaired) electrons. The first-order valence-electron chi connectivity index (χ1n) is 10.7. The van der Waals surface area contributed by atoms with E-state index >= 15 is 4.39 Å². The first kappa shape index (κ1) is 22.3. The van der Waals surface area contributed by atoms with E-state index in [1.54, 1.807) is 60.4 Å². The number of hydrogen-bond donors (Lipinski definition) is 0. The number of piperidine rings is 1. The van der Waals surface area contributed by atoms with Gasteiger partial charge in [0, 0.05) is 38.6 Å². The molecule has 2 heterocycles. The van der Waals surface area contributed by atoms with Gasteiger partial charge in [-0.25, -0.2) is 12.8 Å². The summed E-state index contributed by atoms with van der Waals surface area (Å²) in [6, 6.07) is 16.1. The fraction of sp³-hybridized carbons (Fsp3) is 0.320. The summed E-state index contributed by atoms with van der Waals surface area (Å²) in [5.41, 5.74) is 1.16. The second-order valence-corrected chi connectivity index (χ2v) is 10.2. The van der Waals surface area contributed by atoms with Crippen molar-refractivity contribution in [1.82, 2.24) is 9.21 Å². The number of carbonyl (C=O) groups is 1. The normalized spacial score (nSPS) is 19.8. The molecule has 4 rings (SSSR count). The quantitative estimate of drug-likeness (QED) is 0.679. The van der Waals surface area contributed by atoms with Crippen LogP contribution in [-0.4, -0.2) is 36.6 Å². The van der Waals surface area contributed by atoms with Crippen molar-refractivity contribution in [2.75, 3.05) is 13.1 Å². The molecule has 1 saturated heterocycles. The zero-order valence-corrected chi connectivity index (χ0v) is 19.1. The predicted molar refractivity (Wildman–Crippen MR) is 123 cm³/mol. The standard InChI is InChI=1S/C25H27FN2O3S/c1-19-8-13-24(22-6-4-3-5-7-22)32(30,31)28(19)18-21-9-11-23(12-10-21)25(26)14-16-27(17-15-25)20(2)29/h3-13H,14-18H2,1-2H3. The Labute approximate surface area is 188 Å². The number of sulfonamides is 1. The van der Waals surface area contributed by atoms with Crippen LogP contribution in [0.4, 0.5) is 4.39 Å². The molecule has 0 aromatic heterocycles. The zero-order valence-electron chi connectivity index (χ0n) is 18.3. The molecule has 2 aromatic carbocycles. The summed E-state index contributed by atoms with van der Waals surface area (Å²) in [6.07, 6.45) is 3.97. The van der Waals surface area contributed by atoms with Gasteiger partial charge in [0.25, 0.3) is 10.0 Å². The third-order valence-corrected chi connectivity index (χ3v) is 8.22. The number of rotatable bonds is 4. The zero-order chi connectivity index (χ0) is 22.9. The smallest absolute Gasteiger partial charge is 0.264 e. The first-order valence-corrected chi connectivity index (χ1v) is 12.2. The average molecular weight is 455 g/mol. The van der Waals surface area contributed by atoms with Crippen LogP contribution in [0.1, 0.15) is 43.4 Å². The summed E-state index contributed by atoms with van der Waals surface area (Å²) in [4.78, 5) is 13.4. The van der Waals surface area contributed by atoms with Crippen molar-refractivity contribution in [3.8, 4) is 0 Å². The Balaban J connectivity index is 1.52. The lowest BCUT2D eigenvalue weighted by Crippen LogP contribution is -2.42. The first-order chi connectivity index (χ1) is 15.2. The lowest BCUT2D eigenvalue weighted by atomic mass is 9.86. The van der Waals surface area contributed by atoms with Crippen molar-refractivity contribution in [1.29, 1.82) is 0 Å². The van der Waals surface area contributed by atoms with Gasteiger partial charge in [-0.3, -0.25) is 9.10 Å². The number of carbonyl (C=O) groups excluding carboxylic acids is 1. The van der Waals surface area contributed by atoms with E-state index in [4.69, 9.17) is 0 Å². The molecule has 0 atom stereocenters. The number of benzene rings is 2. The molecule has 1 amide bonds. The lowest BCUT2D eigenvalue weighted by molar-refractivity contribution is -0.131. The van der Waals surface area contributed by atoms with Crippen LogP contribution >= 0.6 is 0 Å². The van der Waals surface area contributed by atoms with E-state index in [0.717, 1.165) is 5.56 Å². The van der Waals surface area contributed by atoms with Crippen molar-refractivity contribution in [3.05, 3.63) is 89.1 Å². The molecule has 168 valence electrons. The van der Waals surface area contributed by atoms with E-state index in [9.17, 15) is 13.2 Å². The Hall–Kier alpha value is -2.93. The molecular weight excluding hydrogens is 427 g/mol. The van der Waals surface area contributed by atoms with Crippen molar-refractivity contribution < 1.29 is 17.6 Å². The highest BCUT2D eigenvalue weighted by Gasteiger charge is 2.37. The molecule has 0 saturated carbocycles. The lowest BCUT2D eigenvalue weighted by Gasteiger charge is -2.36. The van der Waals surface area contributed by atoms with Gasteiger partial charge in [-0.2, -0.15) is 0 Å². The highest BCUT2D eigenvalue weighted by molar-refractivity contribution is 7.98. The van der Waals surface area contributed by atoms with Gasteiger partial charge in [-0.05, 0) is 35.8 Å². The average Bonchev–Trinajstić information content (AvgIpc) is 2.78. The SMILES string of the molecule is CC(=O)N1CCC(F)(c2ccc(CN3C(C)=CC=C(c4ccccc4)S3(=O)=O)cc2)CC1. The minimum Gasteiger partial charge on any atom is -0.343 e. The van der Waals surface area contributed by atoms with E-state index in [0.29, 0.717) is 29.9 Å². The molecular formula is C25H27FN2O3S. The number of likely N-dealkylation sites (tertiary alicyclic amines) is 1. The largest absolute Gasteiger partial charge is 0.343 e. The summed E-state index contributed by atoms with van der Waals surface area (Å²) in [6.45, 7) is 4.25. The van der Waals surface area contributed by atoms with Crippen molar-refractivity contribution in [2.24, 2.45) is 0 Å². The molecule has 0 aliphatic carbocycles. The van der Waals surface area contributed by atoms with E-state index < -0.39 is 15.7 Å². The Kier molecular flexibility index (Phi) is 5.95. The Morgan fingerprint density at radius 1 is 1.00 bits per heavy atom. The summed E-state index contributed by atoms with van der Waals surface area (Å²) >= 11 is 0. The second kappa shape index (κ2) is 8.54. The van der Waals surface area contributed by atoms with Crippen LogP contribution in [0.2, 0.25) is 0 Å². The minimum absolute atomic E-state index is 0.0301. The van der Waals surface area contributed by atoms with Gasteiger partial charge < -0.3 is 4.90 Å². The monoisotopic (exact) mass is 454 g/mol. The molecule has 0 N–H and O–H groups in total. The summed E-state index contributed by atoms with van der Waals surface area (Å²) in [7, 11) is -3.71. The number of allylic oxidation sites excluding steroid dienone is 3. The fourth-order valence-electron chi connectivity index (χ4n) is 4.27. The van der Waals surface area contributed by atoms with Gasteiger partial charge in [0.05, 0.1) is 11.4 Å². The number of amides is 1. The Morgan fingerprint density at radius 3 is 2.22 bits per heavy atom. The molecule has 2 aliphatic heterocycles. The fourth-order valence-corrected chi connectivity index (χ4v) is 5.94. The Bertz CT molecular complexity index is 1160. The third-order valence-electron chi connectivity index (χ3n) is 6.29. The van der Waals surface area contributed by atoms with Crippen LogP contribution in [0.3, 0.4) is 0 Å². The van der Waals surface area contributed by atoms with Crippen molar-refractivity contribution in [2.45, 2.75) is 38.9 Å². The predicted octanol–water partition coefficient (Wildman–Crippen LogP) is 4.58. The van der Waals surface area contributed by atoms with Crippen LogP contribution < -0.4 is 0 Å². The highest BCUT2D eigenvalue weighted by atomic mass is 32.2. The van der Waals surface area contributed by atoms with E-state index in [-0.39, 0.29) is 30.2 Å². The van der Waals surface area contributed by atoms with Gasteiger partial charge in [0.1, 0.15) is 5.67 Å². The van der Waals surface area contributed by atoms with Crippen molar-refractivity contribution in [3.63, 3.8) is 0 Å². The van der Waals surface area contributed by atoms with E-state index in [2.05, 4.69) is 0 Å². The molecule has 2 aliphatic rings. The molecule has 7 heteroatoms. The molecule has 0 bridgehead atoms. The Morgan fingerprint density at radius 2 is 1.62 bits per heavy atom. The molecule has 2 aromatic rings. The van der Waals surface area contributed by atoms with Crippen LogP contribution in [0, 0.1) is 0 Å². The third kappa shape index (κ3) is 4.21. The van der Waals surface area contributed by atoms with Gasteiger partial charge in [0.15, 0.2) is 0 Å². The van der Waals surface area contributed by atoms with Gasteiger partial charge >= 0.3 is 0 Å². The maximum atomic E-state index is 15.5. The van der Waals surface area contributed by atoms with E-state index in [1.165, 1.54) is 11.2 Å². The van der Waals surface area contributed by atoms with Gasteiger partial charge in [-0.1, -0.05) is 54.6 Å². The minimum atomic E-state index is -3.71. The maximum absolute atomic E-state index is 15.5. The number of hydrogen-bond acceptors (Lipinski definition) is 3. The molecule has 5 nitrogen and oxygen atoms in total. The van der Waals surface area contributed by atoms with Crippen LogP contribution in [0.25, 0.3) is 4.91 Å². The van der Waals surface area contributed by atoms with Crippen LogP contribution in [0.5, 0.6) is 0 Å². The van der Waals surface area contributed by atoms with Crippen LogP contribution in [0.15, 0.2) is 72.4 Å². The molecule has 0 unspecified atom stereocenters. The van der Waals surface area contributed by atoms with Gasteiger partial charge in [0.2, 0.25) is 5.91 Å². The highest BCUT2D eigenvalue weighted by Crippen LogP contribution is 2.38. The number of halogens is 1. The van der Waals surface area contributed by atoms with Gasteiger partial charge in [-0.15, -0.1) is 0 Å².